The quantitative estimate of drug-likeness (QED) is 0.0172. The Morgan fingerprint density at radius 1 is 0.603 bits per heavy atom. The van der Waals surface area contributed by atoms with Gasteiger partial charge in [-0.25, -0.2) is 4.57 Å². The molecule has 342 valence electrons. The van der Waals surface area contributed by atoms with E-state index >= 15 is 0 Å². The molecule has 0 saturated heterocycles. The minimum Gasteiger partial charge on any atom is -0.393 e. The minimum absolute atomic E-state index is 0.249. The molecule has 13 nitrogen and oxygen atoms in total. The molecule has 58 heavy (non-hydrogen) atoms. The largest absolute Gasteiger partial charge is 0.472 e. The summed E-state index contributed by atoms with van der Waals surface area (Å²) >= 11 is 0. The molecule has 0 spiro atoms. The lowest BCUT2D eigenvalue weighted by Gasteiger charge is -2.41. The summed E-state index contributed by atoms with van der Waals surface area (Å²) in [7, 11) is -5.14. The van der Waals surface area contributed by atoms with Crippen LogP contribution in [0.5, 0.6) is 0 Å². The van der Waals surface area contributed by atoms with E-state index in [0.29, 0.717) is 12.8 Å². The monoisotopic (exact) mass is 850 g/mol. The zero-order valence-electron chi connectivity index (χ0n) is 36.0. The van der Waals surface area contributed by atoms with Gasteiger partial charge in [-0.15, -0.1) is 0 Å². The number of allylic oxidation sites excluding steroid dienone is 3. The van der Waals surface area contributed by atoms with Crippen molar-refractivity contribution < 1.29 is 59.0 Å². The van der Waals surface area contributed by atoms with Crippen LogP contribution >= 0.6 is 7.82 Å². The summed E-state index contributed by atoms with van der Waals surface area (Å²) in [5.41, 5.74) is 0. The molecular weight excluding hydrogens is 765 g/mol. The summed E-state index contributed by atoms with van der Waals surface area (Å²) in [5, 5.41) is 74.3. The van der Waals surface area contributed by atoms with Gasteiger partial charge in [-0.3, -0.25) is 13.8 Å². The second-order valence-electron chi connectivity index (χ2n) is 16.4. The van der Waals surface area contributed by atoms with Crippen molar-refractivity contribution >= 4 is 13.7 Å². The molecular formula is C44H84NO12P. The lowest BCUT2D eigenvalue weighted by Crippen LogP contribution is -2.64. The molecule has 8 atom stereocenters. The maximum Gasteiger partial charge on any atom is 0.472 e. The normalized spacial score (nSPS) is 24.0. The van der Waals surface area contributed by atoms with E-state index in [0.717, 1.165) is 44.9 Å². The molecule has 0 aromatic heterocycles. The maximum atomic E-state index is 13.0. The minimum atomic E-state index is -5.14. The smallest absolute Gasteiger partial charge is 0.393 e. The van der Waals surface area contributed by atoms with E-state index in [1.165, 1.54) is 115 Å². The average molecular weight is 850 g/mol. The second-order valence-corrected chi connectivity index (χ2v) is 17.8. The zero-order valence-corrected chi connectivity index (χ0v) is 36.9. The number of hydrogen-bond acceptors (Lipinski definition) is 11. The van der Waals surface area contributed by atoms with Crippen LogP contribution in [0, 0.1) is 0 Å². The molecule has 1 amide bonds. The van der Waals surface area contributed by atoms with E-state index in [2.05, 4.69) is 31.3 Å². The first-order valence-electron chi connectivity index (χ1n) is 22.9. The SMILES string of the molecule is CCCCCCC/C=C/CC/C=C/C(O)C(COP(=O)(O)OC1C(O)C(O)C(O)C(O)C1O)NC(=O)CC(O)CCCCCCCCCCCCCCCCCCC. The Hall–Kier alpha value is -1.22. The fourth-order valence-corrected chi connectivity index (χ4v) is 8.22. The Labute approximate surface area is 350 Å². The van der Waals surface area contributed by atoms with Gasteiger partial charge in [0.15, 0.2) is 0 Å². The van der Waals surface area contributed by atoms with Gasteiger partial charge >= 0.3 is 7.82 Å². The predicted octanol–water partition coefficient (Wildman–Crippen LogP) is 7.20. The van der Waals surface area contributed by atoms with Gasteiger partial charge in [0, 0.05) is 0 Å². The standard InChI is InChI=1S/C44H84NO12P/c1-3-5-7-9-11-13-15-16-17-18-19-20-22-23-25-27-29-31-35(46)33-38(48)45-36(37(47)32-30-28-26-24-21-14-12-10-8-6-4-2)34-56-58(54,55)57-44-42(52)40(50)39(49)41(51)43(44)53/h21,24,30,32,35-37,39-44,46-47,49-53H,3-20,22-23,25-29,31,33-34H2,1-2H3,(H,45,48)(H,54,55)/b24-21+,32-30+. The summed E-state index contributed by atoms with van der Waals surface area (Å²) in [4.78, 5) is 23.4. The molecule has 0 radical (unpaired) electrons. The van der Waals surface area contributed by atoms with Crippen molar-refractivity contribution in [2.24, 2.45) is 0 Å². The summed E-state index contributed by atoms with van der Waals surface area (Å²) < 4.78 is 22.8. The summed E-state index contributed by atoms with van der Waals surface area (Å²) in [5.74, 6) is -0.602. The van der Waals surface area contributed by atoms with Crippen molar-refractivity contribution in [3.8, 4) is 0 Å². The van der Waals surface area contributed by atoms with Gasteiger partial charge in [-0.1, -0.05) is 173 Å². The molecule has 0 heterocycles. The zero-order chi connectivity index (χ0) is 43.0. The van der Waals surface area contributed by atoms with E-state index < -0.39 is 75.2 Å². The Bertz CT molecular complexity index is 1100. The predicted molar refractivity (Wildman–Crippen MR) is 229 cm³/mol. The van der Waals surface area contributed by atoms with E-state index in [9.17, 15) is 50.0 Å². The number of aliphatic hydroxyl groups excluding tert-OH is 7. The van der Waals surface area contributed by atoms with Crippen molar-refractivity contribution in [3.63, 3.8) is 0 Å². The summed E-state index contributed by atoms with van der Waals surface area (Å²) in [6.45, 7) is 3.69. The molecule has 1 saturated carbocycles. The Kier molecular flexibility index (Phi) is 32.5. The molecule has 14 heteroatoms. The van der Waals surface area contributed by atoms with Gasteiger partial charge < -0.3 is 46.0 Å². The Morgan fingerprint density at radius 2 is 1.02 bits per heavy atom. The number of hydrogen-bond donors (Lipinski definition) is 9. The third-order valence-corrected chi connectivity index (χ3v) is 12.0. The number of amides is 1. The first-order chi connectivity index (χ1) is 27.8. The maximum absolute atomic E-state index is 13.0. The van der Waals surface area contributed by atoms with Crippen LogP contribution in [0.15, 0.2) is 24.3 Å². The first-order valence-corrected chi connectivity index (χ1v) is 24.4. The average Bonchev–Trinajstić information content (AvgIpc) is 3.19. The van der Waals surface area contributed by atoms with Crippen LogP contribution in [-0.4, -0.2) is 108 Å². The van der Waals surface area contributed by atoms with Crippen LogP contribution in [0.25, 0.3) is 0 Å². The van der Waals surface area contributed by atoms with Crippen molar-refractivity contribution in [1.82, 2.24) is 5.32 Å². The van der Waals surface area contributed by atoms with Gasteiger partial charge in [0.1, 0.15) is 36.6 Å². The summed E-state index contributed by atoms with van der Waals surface area (Å²) in [6, 6.07) is -1.25. The highest BCUT2D eigenvalue weighted by molar-refractivity contribution is 7.47. The molecule has 1 aliphatic rings. The van der Waals surface area contributed by atoms with E-state index in [1.54, 1.807) is 6.08 Å². The second kappa shape index (κ2) is 34.4. The molecule has 9 N–H and O–H groups in total. The lowest BCUT2D eigenvalue weighted by atomic mass is 9.85. The van der Waals surface area contributed by atoms with Gasteiger partial charge in [-0.05, 0) is 32.1 Å². The fourth-order valence-electron chi connectivity index (χ4n) is 7.26. The van der Waals surface area contributed by atoms with Gasteiger partial charge in [0.05, 0.1) is 31.3 Å². The Morgan fingerprint density at radius 3 is 1.52 bits per heavy atom. The van der Waals surface area contributed by atoms with Crippen LogP contribution < -0.4 is 5.32 Å². The van der Waals surface area contributed by atoms with Crippen LogP contribution in [0.4, 0.5) is 0 Å². The number of aliphatic hydroxyl groups is 7. The number of phosphoric acid groups is 1. The van der Waals surface area contributed by atoms with Crippen molar-refractivity contribution in [1.29, 1.82) is 0 Å². The molecule has 1 aliphatic carbocycles. The van der Waals surface area contributed by atoms with E-state index in [1.807, 2.05) is 0 Å². The van der Waals surface area contributed by atoms with Crippen LogP contribution in [-0.2, 0) is 18.4 Å². The van der Waals surface area contributed by atoms with Gasteiger partial charge in [0.25, 0.3) is 0 Å². The van der Waals surface area contributed by atoms with Crippen molar-refractivity contribution in [3.05, 3.63) is 24.3 Å². The molecule has 1 fully saturated rings. The van der Waals surface area contributed by atoms with Crippen molar-refractivity contribution in [2.45, 2.75) is 242 Å². The molecule has 0 aliphatic heterocycles. The third kappa shape index (κ3) is 26.2. The topological polar surface area (TPSA) is 226 Å². The number of phosphoric ester groups is 1. The summed E-state index contributed by atoms with van der Waals surface area (Å²) in [6.07, 6.45) is 22.8. The molecule has 0 bridgehead atoms. The van der Waals surface area contributed by atoms with Crippen LogP contribution in [0.1, 0.15) is 187 Å². The van der Waals surface area contributed by atoms with Crippen molar-refractivity contribution in [2.75, 3.05) is 6.61 Å². The lowest BCUT2D eigenvalue weighted by molar-refractivity contribution is -0.220. The van der Waals surface area contributed by atoms with E-state index in [4.69, 9.17) is 9.05 Å². The van der Waals surface area contributed by atoms with Gasteiger partial charge in [-0.2, -0.15) is 0 Å². The molecule has 0 aromatic carbocycles. The number of unbranched alkanes of at least 4 members (excludes halogenated alkanes) is 22. The van der Waals surface area contributed by atoms with E-state index in [-0.39, 0.29) is 6.42 Å². The fraction of sp³-hybridized carbons (Fsp3) is 0.886. The number of carbonyl (C=O) groups excluding carboxylic acids is 1. The number of carbonyl (C=O) groups is 1. The highest BCUT2D eigenvalue weighted by Gasteiger charge is 2.51. The highest BCUT2D eigenvalue weighted by Crippen LogP contribution is 2.47. The highest BCUT2D eigenvalue weighted by atomic mass is 31.2. The van der Waals surface area contributed by atoms with Gasteiger partial charge in [0.2, 0.25) is 5.91 Å². The first kappa shape index (κ1) is 54.8. The molecule has 8 unspecified atom stereocenters. The van der Waals surface area contributed by atoms with Crippen LogP contribution in [0.2, 0.25) is 0 Å². The van der Waals surface area contributed by atoms with Crippen LogP contribution in [0.3, 0.4) is 0 Å². The Balaban J connectivity index is 2.53. The molecule has 1 rings (SSSR count). The number of rotatable bonds is 37. The third-order valence-electron chi connectivity index (χ3n) is 11.0. The molecule has 0 aromatic rings. The number of nitrogens with one attached hydrogen (secondary N) is 1.